The van der Waals surface area contributed by atoms with Gasteiger partial charge in [0.15, 0.2) is 0 Å². The Bertz CT molecular complexity index is 1490. The molecule has 41 heavy (non-hydrogen) atoms. The van der Waals surface area contributed by atoms with Crippen LogP contribution in [0, 0.1) is 5.41 Å². The van der Waals surface area contributed by atoms with E-state index in [0.717, 1.165) is 48.7 Å². The normalized spacial score (nSPS) is 15.0. The van der Waals surface area contributed by atoms with Crippen LogP contribution in [0.25, 0.3) is 10.2 Å². The van der Waals surface area contributed by atoms with E-state index in [9.17, 15) is 9.59 Å². The molecule has 0 N–H and O–H groups in total. The number of anilines is 2. The van der Waals surface area contributed by atoms with E-state index in [2.05, 4.69) is 34.1 Å². The average Bonchev–Trinajstić information content (AvgIpc) is 3.39. The molecule has 4 aromatic rings. The number of aromatic nitrogens is 2. The minimum absolute atomic E-state index is 0.191. The summed E-state index contributed by atoms with van der Waals surface area (Å²) in [5.74, 6) is 0.263. The Kier molecular flexibility index (Phi) is 8.65. The lowest BCUT2D eigenvalue weighted by molar-refractivity contribution is -0.137. The van der Waals surface area contributed by atoms with Crippen molar-refractivity contribution in [1.82, 2.24) is 14.9 Å². The number of hydrogen-bond donors (Lipinski definition) is 0. The van der Waals surface area contributed by atoms with E-state index < -0.39 is 5.41 Å². The predicted molar refractivity (Wildman–Crippen MR) is 165 cm³/mol. The van der Waals surface area contributed by atoms with Gasteiger partial charge < -0.3 is 14.5 Å². The van der Waals surface area contributed by atoms with Crippen LogP contribution >= 0.6 is 11.3 Å². The molecule has 0 atom stereocenters. The third kappa shape index (κ3) is 6.26. The highest BCUT2D eigenvalue weighted by molar-refractivity contribution is 7.18. The van der Waals surface area contributed by atoms with Crippen molar-refractivity contribution < 1.29 is 14.3 Å². The molecule has 2 aromatic carbocycles. The molecule has 0 aliphatic carbocycles. The molecule has 1 aliphatic heterocycles. The van der Waals surface area contributed by atoms with Gasteiger partial charge in [-0.25, -0.2) is 4.98 Å². The van der Waals surface area contributed by atoms with Gasteiger partial charge in [-0.1, -0.05) is 18.2 Å². The second-order valence-electron chi connectivity index (χ2n) is 10.9. The van der Waals surface area contributed by atoms with Crippen molar-refractivity contribution in [3.8, 4) is 5.75 Å². The number of carbonyl (C=O) groups is 2. The van der Waals surface area contributed by atoms with E-state index in [1.54, 1.807) is 48.2 Å². The molecule has 2 amide bonds. The van der Waals surface area contributed by atoms with Gasteiger partial charge in [-0.15, -0.1) is 11.3 Å². The van der Waals surface area contributed by atoms with Crippen LogP contribution in [0.5, 0.6) is 5.75 Å². The Labute approximate surface area is 245 Å². The molecule has 5 rings (SSSR count). The minimum atomic E-state index is -1.13. The smallest absolute Gasteiger partial charge is 0.242 e. The zero-order valence-electron chi connectivity index (χ0n) is 24.2. The number of carbonyl (C=O) groups excluding carboxylic acids is 2. The highest BCUT2D eigenvalue weighted by atomic mass is 32.1. The van der Waals surface area contributed by atoms with Crippen molar-refractivity contribution in [1.29, 1.82) is 0 Å². The monoisotopic (exact) mass is 571 g/mol. The maximum Gasteiger partial charge on any atom is 0.242 e. The third-order valence-electron chi connectivity index (χ3n) is 7.56. The van der Waals surface area contributed by atoms with Gasteiger partial charge in [0.25, 0.3) is 0 Å². The SMILES string of the molecule is CCN1C(=O)C(C)(C)C(=O)N(C)c2cc(OCCCN(CCc3cccnc3)Cc3nc4ccccc4s3)ccc21. The Balaban J connectivity index is 1.25. The molecule has 214 valence electrons. The van der Waals surface area contributed by atoms with Crippen LogP contribution in [0.4, 0.5) is 11.4 Å². The first-order valence-corrected chi connectivity index (χ1v) is 14.9. The molecule has 0 unspecified atom stereocenters. The number of thiazole rings is 1. The molecule has 1 aliphatic rings. The highest BCUT2D eigenvalue weighted by Gasteiger charge is 2.45. The van der Waals surface area contributed by atoms with Crippen LogP contribution in [0.2, 0.25) is 0 Å². The van der Waals surface area contributed by atoms with Crippen LogP contribution in [0.15, 0.2) is 67.0 Å². The maximum absolute atomic E-state index is 13.1. The van der Waals surface area contributed by atoms with Gasteiger partial charge in [-0.05, 0) is 69.5 Å². The second kappa shape index (κ2) is 12.4. The topological polar surface area (TPSA) is 78.9 Å². The lowest BCUT2D eigenvalue weighted by atomic mass is 9.90. The van der Waals surface area contributed by atoms with Crippen molar-refractivity contribution in [3.05, 3.63) is 77.6 Å². The van der Waals surface area contributed by atoms with E-state index in [-0.39, 0.29) is 11.8 Å². The highest BCUT2D eigenvalue weighted by Crippen LogP contribution is 2.40. The van der Waals surface area contributed by atoms with Crippen molar-refractivity contribution >= 4 is 44.7 Å². The first kappa shape index (κ1) is 28.7. The summed E-state index contributed by atoms with van der Waals surface area (Å²) < 4.78 is 7.37. The zero-order chi connectivity index (χ0) is 29.0. The zero-order valence-corrected chi connectivity index (χ0v) is 25.0. The fraction of sp³-hybridized carbons (Fsp3) is 0.375. The fourth-order valence-corrected chi connectivity index (χ4v) is 6.24. The van der Waals surface area contributed by atoms with Crippen LogP contribution < -0.4 is 14.5 Å². The van der Waals surface area contributed by atoms with Gasteiger partial charge in [0, 0.05) is 45.1 Å². The van der Waals surface area contributed by atoms with Crippen LogP contribution in [0.3, 0.4) is 0 Å². The van der Waals surface area contributed by atoms with E-state index in [0.29, 0.717) is 24.6 Å². The summed E-state index contributed by atoms with van der Waals surface area (Å²) in [5.41, 5.74) is 2.53. The van der Waals surface area contributed by atoms with E-state index in [4.69, 9.17) is 9.72 Å². The number of amides is 2. The molecular weight excluding hydrogens is 534 g/mol. The molecule has 0 spiro atoms. The van der Waals surface area contributed by atoms with Crippen LogP contribution in [-0.2, 0) is 22.6 Å². The first-order chi connectivity index (χ1) is 19.8. The predicted octanol–water partition coefficient (Wildman–Crippen LogP) is 5.56. The number of rotatable bonds is 11. The van der Waals surface area contributed by atoms with Crippen molar-refractivity contribution in [2.75, 3.05) is 43.1 Å². The Morgan fingerprint density at radius 1 is 1.00 bits per heavy atom. The molecule has 0 saturated carbocycles. The van der Waals surface area contributed by atoms with Crippen LogP contribution in [-0.4, -0.2) is 60.0 Å². The van der Waals surface area contributed by atoms with Gasteiger partial charge >= 0.3 is 0 Å². The van der Waals surface area contributed by atoms with Crippen molar-refractivity contribution in [3.63, 3.8) is 0 Å². The summed E-state index contributed by atoms with van der Waals surface area (Å²) in [6.07, 6.45) is 5.46. The Hall–Kier alpha value is -3.82. The van der Waals surface area contributed by atoms with Gasteiger partial charge in [-0.3, -0.25) is 19.5 Å². The summed E-state index contributed by atoms with van der Waals surface area (Å²) >= 11 is 1.74. The Morgan fingerprint density at radius 2 is 1.83 bits per heavy atom. The Morgan fingerprint density at radius 3 is 2.59 bits per heavy atom. The molecular formula is C32H37N5O3S. The third-order valence-corrected chi connectivity index (χ3v) is 8.58. The van der Waals surface area contributed by atoms with Gasteiger partial charge in [0.2, 0.25) is 11.8 Å². The summed E-state index contributed by atoms with van der Waals surface area (Å²) in [6.45, 7) is 8.84. The fourth-order valence-electron chi connectivity index (χ4n) is 5.23. The standard InChI is InChI=1S/C32H37N5O3S/c1-5-37-26-14-13-24(20-27(26)35(4)30(38)32(2,3)31(37)39)40-19-9-17-36(18-15-23-10-8-16-33-21-23)22-29-34-25-11-6-7-12-28(25)41-29/h6-8,10-14,16,20-21H,5,9,15,17-19,22H2,1-4H3. The number of hydrogen-bond acceptors (Lipinski definition) is 7. The molecule has 8 nitrogen and oxygen atoms in total. The van der Waals surface area contributed by atoms with E-state index in [1.165, 1.54) is 10.3 Å². The molecule has 0 saturated heterocycles. The van der Waals surface area contributed by atoms with Gasteiger partial charge in [0.05, 0.1) is 34.7 Å². The molecule has 9 heteroatoms. The van der Waals surface area contributed by atoms with E-state index >= 15 is 0 Å². The lowest BCUT2D eigenvalue weighted by Crippen LogP contribution is -2.47. The molecule has 0 fully saturated rings. The molecule has 3 heterocycles. The number of benzene rings is 2. The summed E-state index contributed by atoms with van der Waals surface area (Å²) in [7, 11) is 1.72. The van der Waals surface area contributed by atoms with E-state index in [1.807, 2.05) is 43.5 Å². The number of pyridine rings is 1. The lowest BCUT2D eigenvalue weighted by Gasteiger charge is -2.27. The number of para-hydroxylation sites is 1. The van der Waals surface area contributed by atoms with Crippen molar-refractivity contribution in [2.24, 2.45) is 5.41 Å². The van der Waals surface area contributed by atoms with Crippen molar-refractivity contribution in [2.45, 2.75) is 40.2 Å². The number of nitrogens with zero attached hydrogens (tertiary/aromatic N) is 5. The average molecular weight is 572 g/mol. The largest absolute Gasteiger partial charge is 0.493 e. The van der Waals surface area contributed by atoms with Gasteiger partial charge in [0.1, 0.15) is 16.2 Å². The van der Waals surface area contributed by atoms with Gasteiger partial charge in [-0.2, -0.15) is 0 Å². The summed E-state index contributed by atoms with van der Waals surface area (Å²) in [6, 6.07) is 18.0. The second-order valence-corrected chi connectivity index (χ2v) is 12.0. The summed E-state index contributed by atoms with van der Waals surface area (Å²) in [5, 5.41) is 1.11. The number of fused-ring (bicyclic) bond motifs is 2. The molecule has 0 bridgehead atoms. The quantitative estimate of drug-likeness (QED) is 0.173. The molecule has 0 radical (unpaired) electrons. The first-order valence-electron chi connectivity index (χ1n) is 14.1. The molecule has 2 aromatic heterocycles. The van der Waals surface area contributed by atoms with Crippen LogP contribution in [0.1, 0.15) is 37.8 Å². The summed E-state index contributed by atoms with van der Waals surface area (Å²) in [4.78, 5) is 41.1. The maximum atomic E-state index is 13.1. The number of ether oxygens (including phenoxy) is 1. The minimum Gasteiger partial charge on any atom is -0.493 e.